The van der Waals surface area contributed by atoms with Crippen molar-refractivity contribution in [3.05, 3.63) is 65.2 Å². The van der Waals surface area contributed by atoms with Crippen molar-refractivity contribution in [1.82, 2.24) is 4.72 Å². The highest BCUT2D eigenvalue weighted by atomic mass is 32.2. The van der Waals surface area contributed by atoms with Crippen molar-refractivity contribution in [3.8, 4) is 0 Å². The van der Waals surface area contributed by atoms with E-state index < -0.39 is 16.0 Å². The van der Waals surface area contributed by atoms with Crippen LogP contribution in [0.15, 0.2) is 53.4 Å². The van der Waals surface area contributed by atoms with Crippen LogP contribution in [0.3, 0.4) is 0 Å². The summed E-state index contributed by atoms with van der Waals surface area (Å²) >= 11 is 0. The lowest BCUT2D eigenvalue weighted by Gasteiger charge is -2.19. The van der Waals surface area contributed by atoms with E-state index in [9.17, 15) is 13.2 Å². The SMILES string of the molecule is COC(=O)c1ccc2c(c1)S(=O)(=O)NC(c1ccccc1)=C2. The minimum Gasteiger partial charge on any atom is -0.465 e. The second-order valence-corrected chi connectivity index (χ2v) is 6.42. The molecule has 0 saturated carbocycles. The zero-order valence-electron chi connectivity index (χ0n) is 11.7. The number of ether oxygens (including phenoxy) is 1. The maximum atomic E-state index is 12.4. The van der Waals surface area contributed by atoms with Crippen LogP contribution in [-0.2, 0) is 14.8 Å². The van der Waals surface area contributed by atoms with Gasteiger partial charge in [-0.2, -0.15) is 0 Å². The summed E-state index contributed by atoms with van der Waals surface area (Å²) in [7, 11) is -2.48. The van der Waals surface area contributed by atoms with Gasteiger partial charge in [0.1, 0.15) is 0 Å². The molecule has 2 aromatic carbocycles. The molecule has 6 heteroatoms. The lowest BCUT2D eigenvalue weighted by molar-refractivity contribution is 0.0600. The Balaban J connectivity index is 2.14. The van der Waals surface area contributed by atoms with Crippen molar-refractivity contribution >= 4 is 27.8 Å². The number of carbonyl (C=O) groups excluding carboxylic acids is 1. The molecule has 1 aliphatic rings. The average molecular weight is 315 g/mol. The van der Waals surface area contributed by atoms with Gasteiger partial charge in [-0.3, -0.25) is 4.72 Å². The molecular formula is C16H13NO4S. The van der Waals surface area contributed by atoms with Gasteiger partial charge in [-0.15, -0.1) is 0 Å². The van der Waals surface area contributed by atoms with Crippen molar-refractivity contribution < 1.29 is 17.9 Å². The fourth-order valence-electron chi connectivity index (χ4n) is 2.28. The number of nitrogens with one attached hydrogen (secondary N) is 1. The molecule has 0 aromatic heterocycles. The molecule has 3 rings (SSSR count). The van der Waals surface area contributed by atoms with E-state index >= 15 is 0 Å². The Bertz CT molecular complexity index is 870. The number of hydrogen-bond donors (Lipinski definition) is 1. The van der Waals surface area contributed by atoms with Crippen LogP contribution < -0.4 is 4.72 Å². The standard InChI is InChI=1S/C16H13NO4S/c1-21-16(18)13-8-7-12-9-14(11-5-3-2-4-6-11)17-22(19,20)15(12)10-13/h2-10,17H,1H3. The average Bonchev–Trinajstić information content (AvgIpc) is 2.54. The first kappa shape index (κ1) is 14.3. The molecule has 0 fully saturated rings. The van der Waals surface area contributed by atoms with Gasteiger partial charge >= 0.3 is 5.97 Å². The van der Waals surface area contributed by atoms with Crippen LogP contribution in [-0.4, -0.2) is 21.5 Å². The Kier molecular flexibility index (Phi) is 3.46. The number of rotatable bonds is 2. The van der Waals surface area contributed by atoms with Gasteiger partial charge in [0.05, 0.1) is 23.3 Å². The molecule has 22 heavy (non-hydrogen) atoms. The Morgan fingerprint density at radius 3 is 2.50 bits per heavy atom. The van der Waals surface area contributed by atoms with E-state index in [1.54, 1.807) is 18.2 Å². The Morgan fingerprint density at radius 1 is 1.09 bits per heavy atom. The smallest absolute Gasteiger partial charge is 0.337 e. The minimum atomic E-state index is -3.73. The number of sulfonamides is 1. The molecule has 0 spiro atoms. The predicted octanol–water partition coefficient (Wildman–Crippen LogP) is 2.26. The zero-order chi connectivity index (χ0) is 15.7. The molecular weight excluding hydrogens is 302 g/mol. The van der Waals surface area contributed by atoms with Crippen molar-refractivity contribution in [2.24, 2.45) is 0 Å². The zero-order valence-corrected chi connectivity index (χ0v) is 12.6. The molecule has 0 bridgehead atoms. The van der Waals surface area contributed by atoms with Gasteiger partial charge in [-0.1, -0.05) is 36.4 Å². The summed E-state index contributed by atoms with van der Waals surface area (Å²) in [5.41, 5.74) is 2.00. The summed E-state index contributed by atoms with van der Waals surface area (Å²) in [4.78, 5) is 11.6. The number of hydrogen-bond acceptors (Lipinski definition) is 4. The second-order valence-electron chi connectivity index (χ2n) is 4.77. The number of esters is 1. The highest BCUT2D eigenvalue weighted by Gasteiger charge is 2.25. The summed E-state index contributed by atoms with van der Waals surface area (Å²) in [5, 5.41) is 0. The molecule has 5 nitrogen and oxygen atoms in total. The largest absolute Gasteiger partial charge is 0.465 e. The maximum absolute atomic E-state index is 12.4. The normalized spacial score (nSPS) is 15.2. The molecule has 0 aliphatic carbocycles. The topological polar surface area (TPSA) is 72.5 Å². The summed E-state index contributed by atoms with van der Waals surface area (Å²) < 4.78 is 32.0. The maximum Gasteiger partial charge on any atom is 0.337 e. The number of fused-ring (bicyclic) bond motifs is 1. The molecule has 1 heterocycles. The third kappa shape index (κ3) is 2.48. The van der Waals surface area contributed by atoms with E-state index in [0.717, 1.165) is 5.56 Å². The van der Waals surface area contributed by atoms with Crippen LogP contribution in [0, 0.1) is 0 Å². The van der Waals surface area contributed by atoms with E-state index in [1.807, 2.05) is 30.3 Å². The Labute approximate surface area is 128 Å². The van der Waals surface area contributed by atoms with Gasteiger partial charge in [-0.05, 0) is 29.3 Å². The van der Waals surface area contributed by atoms with E-state index in [0.29, 0.717) is 11.3 Å². The monoisotopic (exact) mass is 315 g/mol. The van der Waals surface area contributed by atoms with Crippen LogP contribution >= 0.6 is 0 Å². The van der Waals surface area contributed by atoms with Crippen molar-refractivity contribution in [1.29, 1.82) is 0 Å². The third-order valence-corrected chi connectivity index (χ3v) is 4.77. The Morgan fingerprint density at radius 2 is 1.82 bits per heavy atom. The van der Waals surface area contributed by atoms with E-state index in [-0.39, 0.29) is 10.5 Å². The van der Waals surface area contributed by atoms with Gasteiger partial charge in [0.15, 0.2) is 0 Å². The summed E-state index contributed by atoms with van der Waals surface area (Å²) in [6.45, 7) is 0. The highest BCUT2D eigenvalue weighted by molar-refractivity contribution is 7.90. The van der Waals surface area contributed by atoms with Crippen molar-refractivity contribution in [2.45, 2.75) is 4.90 Å². The first-order valence-electron chi connectivity index (χ1n) is 6.53. The summed E-state index contributed by atoms with van der Waals surface area (Å²) in [5.74, 6) is -0.573. The fourth-order valence-corrected chi connectivity index (χ4v) is 3.57. The number of carbonyl (C=O) groups is 1. The Hall–Kier alpha value is -2.60. The molecule has 1 N–H and O–H groups in total. The van der Waals surface area contributed by atoms with Crippen LogP contribution in [0.4, 0.5) is 0 Å². The third-order valence-electron chi connectivity index (χ3n) is 3.35. The van der Waals surface area contributed by atoms with E-state index in [4.69, 9.17) is 0 Å². The lowest BCUT2D eigenvalue weighted by atomic mass is 10.1. The quantitative estimate of drug-likeness (QED) is 0.863. The summed E-state index contributed by atoms with van der Waals surface area (Å²) in [6, 6.07) is 13.6. The van der Waals surface area contributed by atoms with Crippen LogP contribution in [0.1, 0.15) is 21.5 Å². The number of benzene rings is 2. The fraction of sp³-hybridized carbons (Fsp3) is 0.0625. The molecule has 0 amide bonds. The lowest BCUT2D eigenvalue weighted by Crippen LogP contribution is -2.26. The van der Waals surface area contributed by atoms with Crippen LogP contribution in [0.5, 0.6) is 0 Å². The van der Waals surface area contributed by atoms with Gasteiger partial charge in [-0.25, -0.2) is 13.2 Å². The van der Waals surface area contributed by atoms with Gasteiger partial charge in [0.25, 0.3) is 10.0 Å². The molecule has 0 unspecified atom stereocenters. The summed E-state index contributed by atoms with van der Waals surface area (Å²) in [6.07, 6.45) is 1.74. The number of methoxy groups -OCH3 is 1. The molecule has 112 valence electrons. The highest BCUT2D eigenvalue weighted by Crippen LogP contribution is 2.29. The van der Waals surface area contributed by atoms with Crippen molar-refractivity contribution in [2.75, 3.05) is 7.11 Å². The predicted molar refractivity (Wildman–Crippen MR) is 82.4 cm³/mol. The first-order valence-corrected chi connectivity index (χ1v) is 8.02. The van der Waals surface area contributed by atoms with Gasteiger partial charge in [0.2, 0.25) is 0 Å². The molecule has 1 aliphatic heterocycles. The molecule has 0 saturated heterocycles. The second kappa shape index (κ2) is 5.31. The van der Waals surface area contributed by atoms with Gasteiger partial charge < -0.3 is 4.74 Å². The molecule has 0 radical (unpaired) electrons. The van der Waals surface area contributed by atoms with Crippen LogP contribution in [0.25, 0.3) is 11.8 Å². The van der Waals surface area contributed by atoms with Crippen molar-refractivity contribution in [3.63, 3.8) is 0 Å². The van der Waals surface area contributed by atoms with E-state index in [1.165, 1.54) is 13.2 Å². The van der Waals surface area contributed by atoms with E-state index in [2.05, 4.69) is 9.46 Å². The first-order chi connectivity index (χ1) is 10.5. The van der Waals surface area contributed by atoms with Gasteiger partial charge in [0, 0.05) is 0 Å². The van der Waals surface area contributed by atoms with Crippen LogP contribution in [0.2, 0.25) is 0 Å². The molecule has 2 aromatic rings. The minimum absolute atomic E-state index is 0.0649. The molecule has 0 atom stereocenters.